The van der Waals surface area contributed by atoms with Crippen LogP contribution in [-0.2, 0) is 6.54 Å². The monoisotopic (exact) mass is 174 g/mol. The maximum absolute atomic E-state index is 5.61. The Morgan fingerprint density at radius 2 is 2.15 bits per heavy atom. The van der Waals surface area contributed by atoms with Crippen molar-refractivity contribution in [1.82, 2.24) is 14.5 Å². The van der Waals surface area contributed by atoms with Gasteiger partial charge in [0, 0.05) is 18.6 Å². The first kappa shape index (κ1) is 7.79. The van der Waals surface area contributed by atoms with Gasteiger partial charge in [0.05, 0.1) is 12.2 Å². The maximum atomic E-state index is 5.61. The summed E-state index contributed by atoms with van der Waals surface area (Å²) in [5.74, 6) is 0.519. The number of nitrogens with zero attached hydrogens (tertiary/aromatic N) is 3. The summed E-state index contributed by atoms with van der Waals surface area (Å²) in [7, 11) is 0. The van der Waals surface area contributed by atoms with Crippen LogP contribution in [0.3, 0.4) is 0 Å². The summed E-state index contributed by atoms with van der Waals surface area (Å²) in [5, 5.41) is 0. The highest BCUT2D eigenvalue weighted by Crippen LogP contribution is 2.03. The van der Waals surface area contributed by atoms with Gasteiger partial charge in [-0.2, -0.15) is 0 Å². The lowest BCUT2D eigenvalue weighted by Crippen LogP contribution is -2.04. The van der Waals surface area contributed by atoms with Gasteiger partial charge in [-0.05, 0) is 12.1 Å². The second-order valence-electron chi connectivity index (χ2n) is 2.73. The van der Waals surface area contributed by atoms with E-state index in [0.29, 0.717) is 12.5 Å². The quantitative estimate of drug-likeness (QED) is 0.736. The summed E-state index contributed by atoms with van der Waals surface area (Å²) in [6, 6.07) is 5.80. The molecule has 4 heteroatoms. The number of imidazole rings is 1. The molecule has 0 aliphatic rings. The van der Waals surface area contributed by atoms with Crippen LogP contribution in [0.1, 0.15) is 5.69 Å². The van der Waals surface area contributed by atoms with Gasteiger partial charge in [-0.1, -0.05) is 6.07 Å². The van der Waals surface area contributed by atoms with Crippen LogP contribution in [-0.4, -0.2) is 14.5 Å². The molecule has 2 heterocycles. The van der Waals surface area contributed by atoms with Crippen molar-refractivity contribution in [2.75, 3.05) is 5.73 Å². The number of rotatable bonds is 2. The fraction of sp³-hybridized carbons (Fsp3) is 0.111. The van der Waals surface area contributed by atoms with Gasteiger partial charge in [0.25, 0.3) is 0 Å². The second-order valence-corrected chi connectivity index (χ2v) is 2.73. The third-order valence-electron chi connectivity index (χ3n) is 1.81. The minimum Gasteiger partial charge on any atom is -0.369 e. The van der Waals surface area contributed by atoms with Gasteiger partial charge in [-0.15, -0.1) is 0 Å². The van der Waals surface area contributed by atoms with Crippen molar-refractivity contribution in [2.45, 2.75) is 6.54 Å². The molecule has 0 atom stereocenters. The molecule has 66 valence electrons. The first-order chi connectivity index (χ1) is 6.36. The summed E-state index contributed by atoms with van der Waals surface area (Å²) in [5.41, 5.74) is 6.59. The Hall–Kier alpha value is -1.84. The molecule has 2 aromatic heterocycles. The topological polar surface area (TPSA) is 56.7 Å². The summed E-state index contributed by atoms with van der Waals surface area (Å²) < 4.78 is 1.85. The average molecular weight is 174 g/mol. The van der Waals surface area contributed by atoms with Crippen LogP contribution in [0.15, 0.2) is 36.8 Å². The fourth-order valence-corrected chi connectivity index (χ4v) is 1.14. The molecule has 0 aliphatic carbocycles. The van der Waals surface area contributed by atoms with E-state index in [9.17, 15) is 0 Å². The van der Waals surface area contributed by atoms with E-state index < -0.39 is 0 Å². The molecule has 0 fully saturated rings. The van der Waals surface area contributed by atoms with E-state index in [1.807, 2.05) is 29.0 Å². The van der Waals surface area contributed by atoms with E-state index in [-0.39, 0.29) is 0 Å². The first-order valence-corrected chi connectivity index (χ1v) is 4.03. The van der Waals surface area contributed by atoms with E-state index in [2.05, 4.69) is 9.97 Å². The van der Waals surface area contributed by atoms with Crippen molar-refractivity contribution in [3.05, 3.63) is 42.5 Å². The molecule has 0 amide bonds. The van der Waals surface area contributed by atoms with Crippen LogP contribution >= 0.6 is 0 Å². The summed E-state index contributed by atoms with van der Waals surface area (Å²) in [6.07, 6.45) is 5.28. The van der Waals surface area contributed by atoms with Crippen LogP contribution in [0.2, 0.25) is 0 Å². The fourth-order valence-electron chi connectivity index (χ4n) is 1.14. The smallest absolute Gasteiger partial charge is 0.200 e. The maximum Gasteiger partial charge on any atom is 0.200 e. The van der Waals surface area contributed by atoms with Crippen LogP contribution in [0.25, 0.3) is 0 Å². The first-order valence-electron chi connectivity index (χ1n) is 4.03. The molecule has 0 unspecified atom stereocenters. The summed E-state index contributed by atoms with van der Waals surface area (Å²) >= 11 is 0. The van der Waals surface area contributed by atoms with Gasteiger partial charge in [-0.3, -0.25) is 4.98 Å². The van der Waals surface area contributed by atoms with E-state index in [4.69, 9.17) is 5.73 Å². The zero-order valence-corrected chi connectivity index (χ0v) is 7.09. The highest BCUT2D eigenvalue weighted by Gasteiger charge is 1.98. The molecule has 2 aromatic rings. The third-order valence-corrected chi connectivity index (χ3v) is 1.81. The van der Waals surface area contributed by atoms with Gasteiger partial charge in [0.1, 0.15) is 0 Å². The van der Waals surface area contributed by atoms with Gasteiger partial charge in [0.15, 0.2) is 5.95 Å². The van der Waals surface area contributed by atoms with Gasteiger partial charge in [0.2, 0.25) is 0 Å². The lowest BCUT2D eigenvalue weighted by atomic mass is 10.3. The van der Waals surface area contributed by atoms with Gasteiger partial charge >= 0.3 is 0 Å². The molecule has 0 radical (unpaired) electrons. The van der Waals surface area contributed by atoms with Crippen molar-refractivity contribution in [3.63, 3.8) is 0 Å². The largest absolute Gasteiger partial charge is 0.369 e. The lowest BCUT2D eigenvalue weighted by Gasteiger charge is -2.02. The number of hydrogen-bond acceptors (Lipinski definition) is 3. The highest BCUT2D eigenvalue weighted by atomic mass is 15.1. The Morgan fingerprint density at radius 3 is 2.77 bits per heavy atom. The molecule has 0 aromatic carbocycles. The predicted molar refractivity (Wildman–Crippen MR) is 50.0 cm³/mol. The normalized spacial score (nSPS) is 10.2. The van der Waals surface area contributed by atoms with Crippen LogP contribution < -0.4 is 5.73 Å². The highest BCUT2D eigenvalue weighted by molar-refractivity contribution is 5.18. The predicted octanol–water partition coefficient (Wildman–Crippen LogP) is 0.909. The molecule has 2 N–H and O–H groups in total. The van der Waals surface area contributed by atoms with Crippen molar-refractivity contribution >= 4 is 5.95 Å². The lowest BCUT2D eigenvalue weighted by molar-refractivity contribution is 0.785. The minimum atomic E-state index is 0.519. The molecule has 0 spiro atoms. The second kappa shape index (κ2) is 3.26. The molecule has 2 rings (SSSR count). The van der Waals surface area contributed by atoms with Crippen LogP contribution in [0.4, 0.5) is 5.95 Å². The SMILES string of the molecule is Nc1nccn1Cc1ccccn1. The summed E-state index contributed by atoms with van der Waals surface area (Å²) in [6.45, 7) is 0.673. The van der Waals surface area contributed by atoms with Crippen molar-refractivity contribution in [2.24, 2.45) is 0 Å². The van der Waals surface area contributed by atoms with Crippen molar-refractivity contribution in [1.29, 1.82) is 0 Å². The standard InChI is InChI=1S/C9H10N4/c10-9-12-5-6-13(9)7-8-3-1-2-4-11-8/h1-6H,7H2,(H2,10,12). The summed E-state index contributed by atoms with van der Waals surface area (Å²) in [4.78, 5) is 8.12. The Kier molecular flexibility index (Phi) is 1.96. The average Bonchev–Trinajstić information content (AvgIpc) is 2.54. The van der Waals surface area contributed by atoms with Gasteiger partial charge in [-0.25, -0.2) is 4.98 Å². The molecular weight excluding hydrogens is 164 g/mol. The van der Waals surface area contributed by atoms with Gasteiger partial charge < -0.3 is 10.3 Å². The molecule has 0 saturated heterocycles. The van der Waals surface area contributed by atoms with E-state index >= 15 is 0 Å². The number of nitrogens with two attached hydrogens (primary N) is 1. The minimum absolute atomic E-state index is 0.519. The van der Waals surface area contributed by atoms with Crippen molar-refractivity contribution in [3.8, 4) is 0 Å². The molecule has 13 heavy (non-hydrogen) atoms. The number of pyridine rings is 1. The Bertz CT molecular complexity index is 380. The Morgan fingerprint density at radius 1 is 1.23 bits per heavy atom. The molecular formula is C9H10N4. The van der Waals surface area contributed by atoms with E-state index in [0.717, 1.165) is 5.69 Å². The number of anilines is 1. The molecule has 0 bridgehead atoms. The Labute approximate surface area is 76.1 Å². The third kappa shape index (κ3) is 1.66. The van der Waals surface area contributed by atoms with Crippen LogP contribution in [0.5, 0.6) is 0 Å². The molecule has 0 aliphatic heterocycles. The molecule has 4 nitrogen and oxygen atoms in total. The van der Waals surface area contributed by atoms with Crippen molar-refractivity contribution < 1.29 is 0 Å². The van der Waals surface area contributed by atoms with E-state index in [1.165, 1.54) is 0 Å². The number of nitrogen functional groups attached to an aromatic ring is 1. The number of aromatic nitrogens is 3. The number of hydrogen-bond donors (Lipinski definition) is 1. The molecule has 0 saturated carbocycles. The Balaban J connectivity index is 2.20. The zero-order chi connectivity index (χ0) is 9.10. The van der Waals surface area contributed by atoms with E-state index in [1.54, 1.807) is 12.4 Å². The zero-order valence-electron chi connectivity index (χ0n) is 7.09. The van der Waals surface area contributed by atoms with Crippen LogP contribution in [0, 0.1) is 0 Å².